The normalized spacial score (nSPS) is 27.6. The molecule has 0 heterocycles. The summed E-state index contributed by atoms with van der Waals surface area (Å²) >= 11 is 0. The number of rotatable bonds is 4. The molecule has 0 aromatic carbocycles. The maximum atomic E-state index is 11.1. The van der Waals surface area contributed by atoms with Gasteiger partial charge in [0, 0.05) is 5.92 Å². The lowest BCUT2D eigenvalue weighted by Crippen LogP contribution is -2.23. The van der Waals surface area contributed by atoms with E-state index in [0.29, 0.717) is 0 Å². The maximum Gasteiger partial charge on any atom is 0.264 e. The third kappa shape index (κ3) is 4.75. The van der Waals surface area contributed by atoms with E-state index in [4.69, 9.17) is 4.18 Å². The van der Waals surface area contributed by atoms with Gasteiger partial charge in [-0.15, -0.1) is 0 Å². The van der Waals surface area contributed by atoms with Gasteiger partial charge in [0.1, 0.15) is 5.78 Å². The molecular formula is C10H18O4S. The molecule has 0 amide bonds. The summed E-state index contributed by atoms with van der Waals surface area (Å²) in [4.78, 5) is 11.1. The lowest BCUT2D eigenvalue weighted by Gasteiger charge is -2.26. The van der Waals surface area contributed by atoms with E-state index in [0.717, 1.165) is 31.9 Å². The minimum atomic E-state index is -3.32. The quantitative estimate of drug-likeness (QED) is 0.689. The summed E-state index contributed by atoms with van der Waals surface area (Å²) in [6.45, 7) is 1.89. The fourth-order valence-electron chi connectivity index (χ4n) is 1.96. The van der Waals surface area contributed by atoms with Crippen LogP contribution in [0.3, 0.4) is 0 Å². The zero-order valence-corrected chi connectivity index (χ0v) is 10.0. The van der Waals surface area contributed by atoms with Gasteiger partial charge in [0.2, 0.25) is 0 Å². The van der Waals surface area contributed by atoms with E-state index in [9.17, 15) is 13.2 Å². The largest absolute Gasteiger partial charge is 0.300 e. The third-order valence-electron chi connectivity index (χ3n) is 2.94. The molecule has 0 aliphatic heterocycles. The van der Waals surface area contributed by atoms with Crippen LogP contribution in [0.2, 0.25) is 0 Å². The van der Waals surface area contributed by atoms with Gasteiger partial charge in [-0.05, 0) is 38.5 Å². The summed E-state index contributed by atoms with van der Waals surface area (Å²) in [5.41, 5.74) is 0. The summed E-state index contributed by atoms with van der Waals surface area (Å²) in [6, 6.07) is 0. The predicted molar refractivity (Wildman–Crippen MR) is 56.9 cm³/mol. The Kier molecular flexibility index (Phi) is 4.28. The summed E-state index contributed by atoms with van der Waals surface area (Å²) in [5, 5.41) is 0. The van der Waals surface area contributed by atoms with Crippen LogP contribution in [-0.4, -0.2) is 27.1 Å². The number of ketones is 1. The van der Waals surface area contributed by atoms with Crippen LogP contribution in [0, 0.1) is 11.8 Å². The number of Topliss-reactive ketones (excluding diaryl/α,β-unsaturated/α-hetero) is 1. The Hall–Kier alpha value is -0.420. The molecule has 0 atom stereocenters. The Bertz CT molecular complexity index is 312. The molecule has 1 saturated carbocycles. The van der Waals surface area contributed by atoms with Gasteiger partial charge in [-0.2, -0.15) is 8.42 Å². The van der Waals surface area contributed by atoms with Gasteiger partial charge in [0.05, 0.1) is 12.9 Å². The Morgan fingerprint density at radius 3 is 2.20 bits per heavy atom. The highest BCUT2D eigenvalue weighted by atomic mass is 32.2. The van der Waals surface area contributed by atoms with E-state index in [2.05, 4.69) is 0 Å². The van der Waals surface area contributed by atoms with E-state index >= 15 is 0 Å². The van der Waals surface area contributed by atoms with E-state index < -0.39 is 10.1 Å². The predicted octanol–water partition coefficient (Wildman–Crippen LogP) is 1.36. The van der Waals surface area contributed by atoms with Crippen LogP contribution in [0.15, 0.2) is 0 Å². The van der Waals surface area contributed by atoms with Crippen LogP contribution in [0.4, 0.5) is 0 Å². The molecule has 0 N–H and O–H groups in total. The van der Waals surface area contributed by atoms with Crippen molar-refractivity contribution in [3.05, 3.63) is 0 Å². The van der Waals surface area contributed by atoms with Crippen molar-refractivity contribution in [3.8, 4) is 0 Å². The first-order valence-electron chi connectivity index (χ1n) is 5.23. The molecule has 0 radical (unpaired) electrons. The van der Waals surface area contributed by atoms with Crippen LogP contribution in [-0.2, 0) is 19.1 Å². The molecule has 1 aliphatic carbocycles. The SMILES string of the molecule is CC(=O)C1CCC(COS(C)(=O)=O)CC1. The van der Waals surface area contributed by atoms with Crippen molar-refractivity contribution in [1.29, 1.82) is 0 Å². The van der Waals surface area contributed by atoms with Gasteiger partial charge in [-0.3, -0.25) is 8.98 Å². The number of carbonyl (C=O) groups excluding carboxylic acids is 1. The Morgan fingerprint density at radius 1 is 1.27 bits per heavy atom. The van der Waals surface area contributed by atoms with Crippen LogP contribution >= 0.6 is 0 Å². The van der Waals surface area contributed by atoms with E-state index in [1.54, 1.807) is 6.92 Å². The summed E-state index contributed by atoms with van der Waals surface area (Å²) in [6.07, 6.45) is 4.58. The Labute approximate surface area is 91.1 Å². The second kappa shape index (κ2) is 5.07. The first-order valence-corrected chi connectivity index (χ1v) is 7.05. The average molecular weight is 234 g/mol. The molecule has 0 aromatic rings. The highest BCUT2D eigenvalue weighted by Gasteiger charge is 2.24. The minimum Gasteiger partial charge on any atom is -0.300 e. The van der Waals surface area contributed by atoms with Crippen molar-refractivity contribution in [2.45, 2.75) is 32.6 Å². The third-order valence-corrected chi connectivity index (χ3v) is 3.50. The summed E-state index contributed by atoms with van der Waals surface area (Å²) in [5.74, 6) is 0.715. The smallest absolute Gasteiger partial charge is 0.264 e. The van der Waals surface area contributed by atoms with Gasteiger partial charge in [-0.25, -0.2) is 0 Å². The monoisotopic (exact) mass is 234 g/mol. The van der Waals surface area contributed by atoms with Crippen LogP contribution < -0.4 is 0 Å². The zero-order valence-electron chi connectivity index (χ0n) is 9.23. The van der Waals surface area contributed by atoms with Gasteiger partial charge in [0.15, 0.2) is 0 Å². The maximum absolute atomic E-state index is 11.1. The molecule has 15 heavy (non-hydrogen) atoms. The summed E-state index contributed by atoms with van der Waals surface area (Å²) < 4.78 is 26.3. The van der Waals surface area contributed by atoms with E-state index in [1.807, 2.05) is 0 Å². The van der Waals surface area contributed by atoms with Crippen molar-refractivity contribution in [3.63, 3.8) is 0 Å². The van der Waals surface area contributed by atoms with Gasteiger partial charge < -0.3 is 0 Å². The van der Waals surface area contributed by atoms with Crippen molar-refractivity contribution >= 4 is 15.9 Å². The molecule has 0 aromatic heterocycles. The molecule has 0 bridgehead atoms. The van der Waals surface area contributed by atoms with Crippen LogP contribution in [0.25, 0.3) is 0 Å². The Balaban J connectivity index is 2.29. The first kappa shape index (κ1) is 12.6. The number of hydrogen-bond acceptors (Lipinski definition) is 4. The highest BCUT2D eigenvalue weighted by Crippen LogP contribution is 2.29. The fourth-order valence-corrected chi connectivity index (χ4v) is 2.40. The summed E-state index contributed by atoms with van der Waals surface area (Å²) in [7, 11) is -3.32. The minimum absolute atomic E-state index is 0.180. The van der Waals surface area contributed by atoms with E-state index in [-0.39, 0.29) is 24.2 Å². The molecule has 1 aliphatic rings. The standard InChI is InChI=1S/C10H18O4S/c1-8(11)10-5-3-9(4-6-10)7-14-15(2,12)13/h9-10H,3-7H2,1-2H3. The van der Waals surface area contributed by atoms with Crippen molar-refractivity contribution in [2.75, 3.05) is 12.9 Å². The number of carbonyl (C=O) groups is 1. The van der Waals surface area contributed by atoms with Crippen molar-refractivity contribution < 1.29 is 17.4 Å². The second-order valence-electron chi connectivity index (χ2n) is 4.32. The highest BCUT2D eigenvalue weighted by molar-refractivity contribution is 7.85. The molecule has 0 spiro atoms. The number of hydrogen-bond donors (Lipinski definition) is 0. The second-order valence-corrected chi connectivity index (χ2v) is 5.96. The first-order chi connectivity index (χ1) is 6.88. The zero-order chi connectivity index (χ0) is 11.5. The van der Waals surface area contributed by atoms with Crippen molar-refractivity contribution in [1.82, 2.24) is 0 Å². The molecule has 4 nitrogen and oxygen atoms in total. The van der Waals surface area contributed by atoms with Crippen LogP contribution in [0.1, 0.15) is 32.6 Å². The Morgan fingerprint density at radius 2 is 1.80 bits per heavy atom. The lowest BCUT2D eigenvalue weighted by molar-refractivity contribution is -0.121. The molecule has 1 fully saturated rings. The lowest BCUT2D eigenvalue weighted by atomic mass is 9.81. The van der Waals surface area contributed by atoms with Gasteiger partial charge >= 0.3 is 0 Å². The fraction of sp³-hybridized carbons (Fsp3) is 0.900. The average Bonchev–Trinajstić information content (AvgIpc) is 2.14. The van der Waals surface area contributed by atoms with Gasteiger partial charge in [0.25, 0.3) is 10.1 Å². The van der Waals surface area contributed by atoms with E-state index in [1.165, 1.54) is 0 Å². The van der Waals surface area contributed by atoms with Gasteiger partial charge in [-0.1, -0.05) is 0 Å². The molecular weight excluding hydrogens is 216 g/mol. The molecule has 0 saturated heterocycles. The molecule has 0 unspecified atom stereocenters. The molecule has 5 heteroatoms. The van der Waals surface area contributed by atoms with Crippen molar-refractivity contribution in [2.24, 2.45) is 11.8 Å². The molecule has 88 valence electrons. The van der Waals surface area contributed by atoms with Crippen LogP contribution in [0.5, 0.6) is 0 Å². The molecule has 1 rings (SSSR count). The topological polar surface area (TPSA) is 60.4 Å².